The molecule has 0 aliphatic heterocycles. The number of halogens is 6. The van der Waals surface area contributed by atoms with E-state index in [-0.39, 0.29) is 34.7 Å². The normalized spacial score (nSPS) is 12.3. The summed E-state index contributed by atoms with van der Waals surface area (Å²) in [6.45, 7) is 1.69. The fraction of sp³-hybridized carbons (Fsp3) is 0.227. The van der Waals surface area contributed by atoms with Crippen LogP contribution in [0.25, 0.3) is 22.4 Å². The summed E-state index contributed by atoms with van der Waals surface area (Å²) in [6.07, 6.45) is -8.89. The minimum atomic E-state index is -4.73. The molecule has 4 rings (SSSR count). The standard InChI is InChI=1S/C22H14F6N4O/c1-2-15-9-16-17(7-6-13(10-29)19(16)22(26,27)28)32(15)11-18-30-20(33-31-18)12-4-3-5-14(8-12)21(23,24)25/h3-9H,2,11H2,1H3. The molecule has 0 saturated carbocycles. The van der Waals surface area contributed by atoms with Crippen LogP contribution < -0.4 is 0 Å². The van der Waals surface area contributed by atoms with Crippen molar-refractivity contribution in [2.24, 2.45) is 0 Å². The molecule has 0 aliphatic rings. The van der Waals surface area contributed by atoms with E-state index in [1.807, 2.05) is 0 Å². The van der Waals surface area contributed by atoms with Crippen LogP contribution >= 0.6 is 0 Å². The van der Waals surface area contributed by atoms with Crippen molar-refractivity contribution in [3.8, 4) is 17.5 Å². The van der Waals surface area contributed by atoms with Gasteiger partial charge in [0.25, 0.3) is 5.89 Å². The van der Waals surface area contributed by atoms with Crippen LogP contribution in [0.4, 0.5) is 26.3 Å². The molecular weight excluding hydrogens is 450 g/mol. The van der Waals surface area contributed by atoms with E-state index in [0.717, 1.165) is 18.2 Å². The van der Waals surface area contributed by atoms with Crippen LogP contribution in [0.15, 0.2) is 47.0 Å². The first-order valence-electron chi connectivity index (χ1n) is 9.65. The van der Waals surface area contributed by atoms with Crippen LogP contribution in [0, 0.1) is 11.3 Å². The number of rotatable bonds is 4. The molecule has 0 saturated heterocycles. The molecule has 5 nitrogen and oxygen atoms in total. The molecule has 0 atom stereocenters. The highest BCUT2D eigenvalue weighted by Crippen LogP contribution is 2.39. The van der Waals surface area contributed by atoms with Gasteiger partial charge < -0.3 is 9.09 Å². The predicted octanol–water partition coefficient (Wildman–Crippen LogP) is 6.21. The van der Waals surface area contributed by atoms with Gasteiger partial charge in [0.1, 0.15) is 0 Å². The molecule has 11 heteroatoms. The highest BCUT2D eigenvalue weighted by molar-refractivity contribution is 5.87. The maximum atomic E-state index is 13.7. The van der Waals surface area contributed by atoms with E-state index in [4.69, 9.17) is 9.78 Å². The lowest BCUT2D eigenvalue weighted by molar-refractivity contribution is -0.138. The van der Waals surface area contributed by atoms with Gasteiger partial charge in [-0.3, -0.25) is 0 Å². The van der Waals surface area contributed by atoms with Crippen molar-refractivity contribution in [1.82, 2.24) is 14.7 Å². The summed E-state index contributed by atoms with van der Waals surface area (Å²) in [6, 6.07) is 9.84. The first-order valence-corrected chi connectivity index (χ1v) is 9.65. The first kappa shape index (κ1) is 22.4. The molecule has 4 aromatic rings. The summed E-state index contributed by atoms with van der Waals surface area (Å²) in [4.78, 5) is 4.13. The number of benzene rings is 2. The van der Waals surface area contributed by atoms with Gasteiger partial charge in [0.15, 0.2) is 5.82 Å². The molecule has 170 valence electrons. The molecule has 0 bridgehead atoms. The molecule has 2 heterocycles. The van der Waals surface area contributed by atoms with Gasteiger partial charge in [-0.25, -0.2) is 0 Å². The average Bonchev–Trinajstić information content (AvgIpc) is 3.36. The average molecular weight is 464 g/mol. The molecule has 0 amide bonds. The van der Waals surface area contributed by atoms with Gasteiger partial charge in [0.2, 0.25) is 0 Å². The van der Waals surface area contributed by atoms with E-state index in [1.54, 1.807) is 17.6 Å². The van der Waals surface area contributed by atoms with Crippen LogP contribution in [-0.4, -0.2) is 14.7 Å². The molecular formula is C22H14F6N4O. The van der Waals surface area contributed by atoms with Crippen molar-refractivity contribution in [2.45, 2.75) is 32.2 Å². The Morgan fingerprint density at radius 1 is 1.03 bits per heavy atom. The number of hydrogen-bond donors (Lipinski definition) is 0. The van der Waals surface area contributed by atoms with Crippen molar-refractivity contribution >= 4 is 10.9 Å². The number of aromatic nitrogens is 3. The van der Waals surface area contributed by atoms with Crippen molar-refractivity contribution < 1.29 is 30.9 Å². The van der Waals surface area contributed by atoms with E-state index in [1.165, 1.54) is 24.3 Å². The zero-order valence-corrected chi connectivity index (χ0v) is 16.9. The molecule has 2 aromatic heterocycles. The highest BCUT2D eigenvalue weighted by atomic mass is 19.4. The van der Waals surface area contributed by atoms with Crippen LogP contribution in [0.2, 0.25) is 0 Å². The quantitative estimate of drug-likeness (QED) is 0.337. The van der Waals surface area contributed by atoms with Crippen molar-refractivity contribution in [3.05, 3.63) is 70.7 Å². The number of alkyl halides is 6. The zero-order chi connectivity index (χ0) is 24.0. The van der Waals surface area contributed by atoms with E-state index in [0.29, 0.717) is 12.1 Å². The summed E-state index contributed by atoms with van der Waals surface area (Å²) < 4.78 is 86.6. The molecule has 0 spiro atoms. The Bertz CT molecular complexity index is 1370. The first-order chi connectivity index (χ1) is 15.5. The Balaban J connectivity index is 1.76. The lowest BCUT2D eigenvalue weighted by atomic mass is 10.0. The van der Waals surface area contributed by atoms with Crippen molar-refractivity contribution in [2.75, 3.05) is 0 Å². The third kappa shape index (κ3) is 4.16. The monoisotopic (exact) mass is 464 g/mol. The summed E-state index contributed by atoms with van der Waals surface area (Å²) in [5.41, 5.74) is -1.55. The Hall–Kier alpha value is -3.81. The fourth-order valence-electron chi connectivity index (χ4n) is 3.67. The Morgan fingerprint density at radius 3 is 2.42 bits per heavy atom. The van der Waals surface area contributed by atoms with Crippen molar-refractivity contribution in [3.63, 3.8) is 0 Å². The molecule has 0 fully saturated rings. The molecule has 0 aliphatic carbocycles. The van der Waals surface area contributed by atoms with Crippen LogP contribution in [0.5, 0.6) is 0 Å². The lowest BCUT2D eigenvalue weighted by Gasteiger charge is -2.11. The van der Waals surface area contributed by atoms with Gasteiger partial charge in [0, 0.05) is 22.2 Å². The van der Waals surface area contributed by atoms with Gasteiger partial charge in [-0.1, -0.05) is 18.1 Å². The number of nitriles is 1. The highest BCUT2D eigenvalue weighted by Gasteiger charge is 2.36. The number of fused-ring (bicyclic) bond motifs is 1. The van der Waals surface area contributed by atoms with Crippen molar-refractivity contribution in [1.29, 1.82) is 5.26 Å². The minimum absolute atomic E-state index is 0.0645. The Morgan fingerprint density at radius 2 is 1.79 bits per heavy atom. The van der Waals surface area contributed by atoms with E-state index < -0.39 is 29.0 Å². The summed E-state index contributed by atoms with van der Waals surface area (Å²) in [7, 11) is 0. The Kier molecular flexibility index (Phi) is 5.40. The summed E-state index contributed by atoms with van der Waals surface area (Å²) >= 11 is 0. The fourth-order valence-corrected chi connectivity index (χ4v) is 3.67. The van der Waals surface area contributed by atoms with Gasteiger partial charge in [-0.2, -0.15) is 36.6 Å². The van der Waals surface area contributed by atoms with Crippen LogP contribution in [0.1, 0.15) is 35.1 Å². The van der Waals surface area contributed by atoms with Gasteiger partial charge in [-0.05, 0) is 42.8 Å². The molecule has 0 unspecified atom stereocenters. The van der Waals surface area contributed by atoms with Crippen LogP contribution in [-0.2, 0) is 25.3 Å². The second-order valence-electron chi connectivity index (χ2n) is 7.20. The lowest BCUT2D eigenvalue weighted by Crippen LogP contribution is -2.09. The maximum absolute atomic E-state index is 13.7. The van der Waals surface area contributed by atoms with Gasteiger partial charge >= 0.3 is 12.4 Å². The SMILES string of the molecule is CCc1cc2c(C(F)(F)F)c(C#N)ccc2n1Cc1noc(-c2cccc(C(F)(F)F)c2)n1. The third-order valence-electron chi connectivity index (χ3n) is 5.14. The summed E-state index contributed by atoms with van der Waals surface area (Å²) in [5, 5.41) is 12.8. The molecule has 0 N–H and O–H groups in total. The zero-order valence-electron chi connectivity index (χ0n) is 16.9. The van der Waals surface area contributed by atoms with Gasteiger partial charge in [-0.15, -0.1) is 0 Å². The van der Waals surface area contributed by atoms with E-state index in [9.17, 15) is 26.3 Å². The third-order valence-corrected chi connectivity index (χ3v) is 5.14. The van der Waals surface area contributed by atoms with E-state index >= 15 is 0 Å². The van der Waals surface area contributed by atoms with Gasteiger partial charge in [0.05, 0.1) is 29.3 Å². The van der Waals surface area contributed by atoms with Crippen LogP contribution in [0.3, 0.4) is 0 Å². The molecule has 2 aromatic carbocycles. The number of hydrogen-bond acceptors (Lipinski definition) is 4. The predicted molar refractivity (Wildman–Crippen MR) is 105 cm³/mol. The number of aryl methyl sites for hydroxylation is 1. The topological polar surface area (TPSA) is 67.6 Å². The number of nitrogens with zero attached hydrogens (tertiary/aromatic N) is 4. The largest absolute Gasteiger partial charge is 0.418 e. The second kappa shape index (κ2) is 7.95. The molecule has 33 heavy (non-hydrogen) atoms. The minimum Gasteiger partial charge on any atom is -0.337 e. The summed E-state index contributed by atoms with van der Waals surface area (Å²) in [5.74, 6) is -0.0686. The van der Waals surface area contributed by atoms with E-state index in [2.05, 4.69) is 10.1 Å². The smallest absolute Gasteiger partial charge is 0.337 e. The second-order valence-corrected chi connectivity index (χ2v) is 7.20. The maximum Gasteiger partial charge on any atom is 0.418 e. The molecule has 0 radical (unpaired) electrons. The Labute approximate surface area is 182 Å².